The molecule has 1 rings (SSSR count). The molecular formula is C13H19BrN2O. The maximum atomic E-state index is 11.8. The molecule has 1 amide bonds. The van der Waals surface area contributed by atoms with Crippen LogP contribution >= 0.6 is 15.9 Å². The van der Waals surface area contributed by atoms with Crippen LogP contribution in [0.3, 0.4) is 0 Å². The van der Waals surface area contributed by atoms with Gasteiger partial charge in [0.25, 0.3) is 5.91 Å². The van der Waals surface area contributed by atoms with Gasteiger partial charge in [0.1, 0.15) is 0 Å². The maximum absolute atomic E-state index is 11.8. The summed E-state index contributed by atoms with van der Waals surface area (Å²) >= 11 is 3.39. The van der Waals surface area contributed by atoms with E-state index in [0.29, 0.717) is 18.2 Å². The van der Waals surface area contributed by atoms with E-state index in [9.17, 15) is 4.79 Å². The number of aryl methyl sites for hydroxylation is 1. The van der Waals surface area contributed by atoms with Crippen molar-refractivity contribution < 1.29 is 4.79 Å². The fraction of sp³-hybridized carbons (Fsp3) is 0.462. The van der Waals surface area contributed by atoms with Crippen molar-refractivity contribution in [1.82, 2.24) is 10.6 Å². The lowest BCUT2D eigenvalue weighted by Gasteiger charge is -2.09. The smallest absolute Gasteiger partial charge is 0.251 e. The SMILES string of the molecule is Cc1cc(Br)cc(C(=O)NCCNC(C)C)c1. The van der Waals surface area contributed by atoms with Gasteiger partial charge in [0, 0.05) is 29.2 Å². The van der Waals surface area contributed by atoms with Gasteiger partial charge < -0.3 is 10.6 Å². The zero-order valence-electron chi connectivity index (χ0n) is 10.5. The van der Waals surface area contributed by atoms with Crippen LogP contribution in [0.1, 0.15) is 29.8 Å². The highest BCUT2D eigenvalue weighted by Crippen LogP contribution is 2.15. The van der Waals surface area contributed by atoms with Crippen LogP contribution in [0.4, 0.5) is 0 Å². The number of amides is 1. The molecule has 1 aromatic rings. The Kier molecular flexibility index (Phi) is 5.65. The quantitative estimate of drug-likeness (QED) is 0.820. The van der Waals surface area contributed by atoms with Crippen molar-refractivity contribution in [3.05, 3.63) is 33.8 Å². The fourth-order valence-corrected chi connectivity index (χ4v) is 2.11. The lowest BCUT2D eigenvalue weighted by atomic mass is 10.1. The summed E-state index contributed by atoms with van der Waals surface area (Å²) in [5.74, 6) is -0.0278. The Bertz CT molecular complexity index is 371. The molecule has 17 heavy (non-hydrogen) atoms. The van der Waals surface area contributed by atoms with E-state index in [0.717, 1.165) is 16.6 Å². The molecule has 0 unspecified atom stereocenters. The van der Waals surface area contributed by atoms with Crippen molar-refractivity contribution in [3.8, 4) is 0 Å². The molecule has 94 valence electrons. The summed E-state index contributed by atoms with van der Waals surface area (Å²) in [6.45, 7) is 7.57. The van der Waals surface area contributed by atoms with Crippen molar-refractivity contribution in [2.75, 3.05) is 13.1 Å². The second-order valence-electron chi connectivity index (χ2n) is 4.38. The fourth-order valence-electron chi connectivity index (χ4n) is 1.51. The summed E-state index contributed by atoms with van der Waals surface area (Å²) < 4.78 is 0.933. The Morgan fingerprint density at radius 2 is 2.00 bits per heavy atom. The van der Waals surface area contributed by atoms with E-state index in [4.69, 9.17) is 0 Å². The molecule has 0 saturated heterocycles. The average Bonchev–Trinajstić information content (AvgIpc) is 2.22. The Morgan fingerprint density at radius 3 is 2.59 bits per heavy atom. The Hall–Kier alpha value is -0.870. The summed E-state index contributed by atoms with van der Waals surface area (Å²) in [5.41, 5.74) is 1.77. The Morgan fingerprint density at radius 1 is 1.29 bits per heavy atom. The highest BCUT2D eigenvalue weighted by molar-refractivity contribution is 9.10. The monoisotopic (exact) mass is 298 g/mol. The molecule has 0 heterocycles. The van der Waals surface area contributed by atoms with E-state index in [2.05, 4.69) is 40.4 Å². The molecule has 3 nitrogen and oxygen atoms in total. The second kappa shape index (κ2) is 6.77. The Labute approximate surface area is 111 Å². The van der Waals surface area contributed by atoms with Crippen LogP contribution in [0.15, 0.2) is 22.7 Å². The number of hydrogen-bond donors (Lipinski definition) is 2. The maximum Gasteiger partial charge on any atom is 0.251 e. The van der Waals surface area contributed by atoms with E-state index in [1.165, 1.54) is 0 Å². The lowest BCUT2D eigenvalue weighted by molar-refractivity contribution is 0.0953. The number of halogens is 1. The first-order valence-electron chi connectivity index (χ1n) is 5.78. The minimum absolute atomic E-state index is 0.0278. The zero-order valence-corrected chi connectivity index (χ0v) is 12.1. The third-order valence-corrected chi connectivity index (χ3v) is 2.73. The van der Waals surface area contributed by atoms with Gasteiger partial charge in [0.15, 0.2) is 0 Å². The molecule has 0 aliphatic heterocycles. The first-order valence-corrected chi connectivity index (χ1v) is 6.57. The van der Waals surface area contributed by atoms with Crippen LogP contribution in [0, 0.1) is 6.92 Å². The largest absolute Gasteiger partial charge is 0.351 e. The number of carbonyl (C=O) groups is 1. The summed E-state index contributed by atoms with van der Waals surface area (Å²) in [6, 6.07) is 6.14. The number of nitrogens with one attached hydrogen (secondary N) is 2. The van der Waals surface area contributed by atoms with Crippen LogP contribution in [-0.4, -0.2) is 25.0 Å². The molecule has 0 saturated carbocycles. The van der Waals surface area contributed by atoms with Gasteiger partial charge in [-0.25, -0.2) is 0 Å². The molecule has 0 spiro atoms. The number of hydrogen-bond acceptors (Lipinski definition) is 2. The van der Waals surface area contributed by atoms with Crippen molar-refractivity contribution in [2.24, 2.45) is 0 Å². The van der Waals surface area contributed by atoms with Crippen LogP contribution in [0.2, 0.25) is 0 Å². The topological polar surface area (TPSA) is 41.1 Å². The standard InChI is InChI=1S/C13H19BrN2O/c1-9(2)15-4-5-16-13(17)11-6-10(3)7-12(14)8-11/h6-9,15H,4-5H2,1-3H3,(H,16,17). The van der Waals surface area contributed by atoms with E-state index < -0.39 is 0 Å². The molecule has 0 atom stereocenters. The van der Waals surface area contributed by atoms with Gasteiger partial charge in [-0.3, -0.25) is 4.79 Å². The predicted molar refractivity (Wildman–Crippen MR) is 74.4 cm³/mol. The van der Waals surface area contributed by atoms with E-state index in [1.807, 2.05) is 25.1 Å². The van der Waals surface area contributed by atoms with Crippen LogP contribution in [0.5, 0.6) is 0 Å². The van der Waals surface area contributed by atoms with Gasteiger partial charge in [-0.2, -0.15) is 0 Å². The highest BCUT2D eigenvalue weighted by atomic mass is 79.9. The number of rotatable bonds is 5. The van der Waals surface area contributed by atoms with Crippen molar-refractivity contribution in [1.29, 1.82) is 0 Å². The van der Waals surface area contributed by atoms with Gasteiger partial charge in [0.05, 0.1) is 0 Å². The minimum Gasteiger partial charge on any atom is -0.351 e. The molecule has 0 radical (unpaired) electrons. The first kappa shape index (κ1) is 14.2. The summed E-state index contributed by atoms with van der Waals surface area (Å²) in [5, 5.41) is 6.14. The van der Waals surface area contributed by atoms with E-state index in [-0.39, 0.29) is 5.91 Å². The number of carbonyl (C=O) groups excluding carboxylic acids is 1. The normalized spacial score (nSPS) is 10.6. The van der Waals surface area contributed by atoms with Crippen molar-refractivity contribution >= 4 is 21.8 Å². The first-order chi connectivity index (χ1) is 7.99. The molecular weight excluding hydrogens is 280 g/mol. The van der Waals surface area contributed by atoms with Gasteiger partial charge in [-0.15, -0.1) is 0 Å². The second-order valence-corrected chi connectivity index (χ2v) is 5.30. The third-order valence-electron chi connectivity index (χ3n) is 2.27. The molecule has 4 heteroatoms. The molecule has 1 aromatic carbocycles. The van der Waals surface area contributed by atoms with Crippen LogP contribution in [-0.2, 0) is 0 Å². The number of benzene rings is 1. The summed E-state index contributed by atoms with van der Waals surface area (Å²) in [7, 11) is 0. The third kappa shape index (κ3) is 5.33. The Balaban J connectivity index is 2.47. The predicted octanol–water partition coefficient (Wildman–Crippen LogP) is 2.49. The molecule has 0 aromatic heterocycles. The van der Waals surface area contributed by atoms with E-state index >= 15 is 0 Å². The van der Waals surface area contributed by atoms with Crippen molar-refractivity contribution in [2.45, 2.75) is 26.8 Å². The van der Waals surface area contributed by atoms with Crippen LogP contribution in [0.25, 0.3) is 0 Å². The molecule has 0 fully saturated rings. The van der Waals surface area contributed by atoms with Gasteiger partial charge >= 0.3 is 0 Å². The lowest BCUT2D eigenvalue weighted by Crippen LogP contribution is -2.34. The van der Waals surface area contributed by atoms with Gasteiger partial charge in [0.2, 0.25) is 0 Å². The molecule has 0 aliphatic rings. The average molecular weight is 299 g/mol. The summed E-state index contributed by atoms with van der Waals surface area (Å²) in [6.07, 6.45) is 0. The minimum atomic E-state index is -0.0278. The molecule has 2 N–H and O–H groups in total. The summed E-state index contributed by atoms with van der Waals surface area (Å²) in [4.78, 5) is 11.8. The van der Waals surface area contributed by atoms with Crippen molar-refractivity contribution in [3.63, 3.8) is 0 Å². The van der Waals surface area contributed by atoms with E-state index in [1.54, 1.807) is 0 Å². The molecule has 0 aliphatic carbocycles. The zero-order chi connectivity index (χ0) is 12.8. The van der Waals surface area contributed by atoms with Gasteiger partial charge in [-0.1, -0.05) is 29.8 Å². The van der Waals surface area contributed by atoms with Crippen LogP contribution < -0.4 is 10.6 Å². The van der Waals surface area contributed by atoms with Gasteiger partial charge in [-0.05, 0) is 30.7 Å². The highest BCUT2D eigenvalue weighted by Gasteiger charge is 2.06. The molecule has 0 bridgehead atoms.